The van der Waals surface area contributed by atoms with Crippen LogP contribution in [-0.4, -0.2) is 50.0 Å². The summed E-state index contributed by atoms with van der Waals surface area (Å²) in [6.07, 6.45) is 3.84. The van der Waals surface area contributed by atoms with Crippen LogP contribution in [0.4, 0.5) is 0 Å². The second-order valence-corrected chi connectivity index (χ2v) is 4.65. The van der Waals surface area contributed by atoms with Crippen molar-refractivity contribution in [2.24, 2.45) is 0 Å². The second-order valence-electron chi connectivity index (χ2n) is 4.65. The molecule has 2 aliphatic heterocycles. The minimum atomic E-state index is 0.255. The molecule has 0 bridgehead atoms. The van der Waals surface area contributed by atoms with Crippen LogP contribution in [0.15, 0.2) is 0 Å². The lowest BCUT2D eigenvalue weighted by Gasteiger charge is -2.26. The molecule has 0 radical (unpaired) electrons. The van der Waals surface area contributed by atoms with E-state index in [2.05, 4.69) is 11.8 Å². The fourth-order valence-electron chi connectivity index (χ4n) is 1.93. The smallest absolute Gasteiger partial charge is 0.0888 e. The van der Waals surface area contributed by atoms with Crippen LogP contribution in [0.2, 0.25) is 0 Å². The molecule has 0 amide bonds. The Hall–Kier alpha value is -0.120. The van der Waals surface area contributed by atoms with Crippen molar-refractivity contribution < 1.29 is 9.47 Å². The van der Waals surface area contributed by atoms with Crippen LogP contribution in [-0.2, 0) is 9.47 Å². The van der Waals surface area contributed by atoms with Crippen LogP contribution >= 0.6 is 0 Å². The van der Waals surface area contributed by atoms with Crippen LogP contribution in [0, 0.1) is 0 Å². The average Bonchev–Trinajstić information content (AvgIpc) is 2.94. The van der Waals surface area contributed by atoms with Crippen LogP contribution in [0.3, 0.4) is 0 Å². The van der Waals surface area contributed by atoms with Gasteiger partial charge < -0.3 is 9.47 Å². The third kappa shape index (κ3) is 3.23. The number of epoxide rings is 1. The summed E-state index contributed by atoms with van der Waals surface area (Å²) in [5.41, 5.74) is 0.255. The number of hydrogen-bond acceptors (Lipinski definition) is 3. The van der Waals surface area contributed by atoms with Crippen molar-refractivity contribution >= 4 is 0 Å². The van der Waals surface area contributed by atoms with Gasteiger partial charge >= 0.3 is 0 Å². The molecule has 0 saturated carbocycles. The van der Waals surface area contributed by atoms with E-state index in [1.165, 1.54) is 25.8 Å². The highest BCUT2D eigenvalue weighted by Gasteiger charge is 2.37. The SMILES string of the molecule is CC1(CCCCN2CCOCC2)CO1. The molecule has 3 heteroatoms. The summed E-state index contributed by atoms with van der Waals surface area (Å²) in [6, 6.07) is 0. The number of hydrogen-bond donors (Lipinski definition) is 0. The van der Waals surface area contributed by atoms with E-state index in [0.717, 1.165) is 32.9 Å². The largest absolute Gasteiger partial charge is 0.379 e. The minimum absolute atomic E-state index is 0.255. The minimum Gasteiger partial charge on any atom is -0.379 e. The van der Waals surface area contributed by atoms with Gasteiger partial charge in [0.15, 0.2) is 0 Å². The zero-order valence-corrected chi connectivity index (χ0v) is 9.13. The predicted molar refractivity (Wildman–Crippen MR) is 55.5 cm³/mol. The van der Waals surface area contributed by atoms with E-state index in [-0.39, 0.29) is 5.60 Å². The van der Waals surface area contributed by atoms with E-state index in [1.807, 2.05) is 0 Å². The second kappa shape index (κ2) is 4.60. The van der Waals surface area contributed by atoms with Crippen molar-refractivity contribution in [2.75, 3.05) is 39.5 Å². The maximum absolute atomic E-state index is 5.35. The molecule has 1 atom stereocenters. The molecule has 0 spiro atoms. The number of rotatable bonds is 5. The molecule has 0 aromatic rings. The Balaban J connectivity index is 1.49. The maximum Gasteiger partial charge on any atom is 0.0888 e. The van der Waals surface area contributed by atoms with Crippen molar-refractivity contribution in [1.82, 2.24) is 4.90 Å². The number of unbranched alkanes of at least 4 members (excludes halogenated alkanes) is 1. The molecule has 1 unspecified atom stereocenters. The molecule has 2 aliphatic rings. The first-order valence-electron chi connectivity index (χ1n) is 5.73. The third-order valence-corrected chi connectivity index (χ3v) is 3.17. The zero-order chi connectivity index (χ0) is 9.86. The fraction of sp³-hybridized carbons (Fsp3) is 1.00. The topological polar surface area (TPSA) is 25.0 Å². The molecule has 0 aromatic carbocycles. The van der Waals surface area contributed by atoms with E-state index in [9.17, 15) is 0 Å². The van der Waals surface area contributed by atoms with Gasteiger partial charge in [-0.25, -0.2) is 0 Å². The molecule has 0 N–H and O–H groups in total. The summed E-state index contributed by atoms with van der Waals surface area (Å²) in [5.74, 6) is 0. The molecule has 14 heavy (non-hydrogen) atoms. The monoisotopic (exact) mass is 199 g/mol. The molecule has 82 valence electrons. The molecular formula is C11H21NO2. The summed E-state index contributed by atoms with van der Waals surface area (Å²) in [5, 5.41) is 0. The first-order chi connectivity index (χ1) is 6.79. The van der Waals surface area contributed by atoms with Gasteiger partial charge in [0, 0.05) is 13.1 Å². The number of morpholine rings is 1. The van der Waals surface area contributed by atoms with Gasteiger partial charge in [-0.15, -0.1) is 0 Å². The summed E-state index contributed by atoms with van der Waals surface area (Å²) in [7, 11) is 0. The van der Waals surface area contributed by atoms with Crippen LogP contribution < -0.4 is 0 Å². The fourth-order valence-corrected chi connectivity index (χ4v) is 1.93. The summed E-state index contributed by atoms with van der Waals surface area (Å²) in [6.45, 7) is 8.49. The molecule has 0 aromatic heterocycles. The summed E-state index contributed by atoms with van der Waals surface area (Å²) in [4.78, 5) is 2.50. The first kappa shape index (κ1) is 10.4. The Morgan fingerprint density at radius 1 is 1.21 bits per heavy atom. The van der Waals surface area contributed by atoms with Crippen LogP contribution in [0.25, 0.3) is 0 Å². The van der Waals surface area contributed by atoms with Crippen molar-refractivity contribution in [3.8, 4) is 0 Å². The highest BCUT2D eigenvalue weighted by Crippen LogP contribution is 2.31. The Morgan fingerprint density at radius 3 is 2.57 bits per heavy atom. The van der Waals surface area contributed by atoms with E-state index in [4.69, 9.17) is 9.47 Å². The molecule has 2 heterocycles. The predicted octanol–water partition coefficient (Wildman–Crippen LogP) is 1.28. The summed E-state index contributed by atoms with van der Waals surface area (Å²) >= 11 is 0. The van der Waals surface area contributed by atoms with Gasteiger partial charge in [0.05, 0.1) is 25.4 Å². The Kier molecular flexibility index (Phi) is 3.42. The quantitative estimate of drug-likeness (QED) is 0.492. The average molecular weight is 199 g/mol. The van der Waals surface area contributed by atoms with Gasteiger partial charge in [0.2, 0.25) is 0 Å². The maximum atomic E-state index is 5.35. The lowest BCUT2D eigenvalue weighted by atomic mass is 10.1. The summed E-state index contributed by atoms with van der Waals surface area (Å²) < 4.78 is 10.7. The zero-order valence-electron chi connectivity index (χ0n) is 9.13. The standard InChI is InChI=1S/C11H21NO2/c1-11(10-14-11)4-2-3-5-12-6-8-13-9-7-12/h2-10H2,1H3. The van der Waals surface area contributed by atoms with E-state index in [0.29, 0.717) is 0 Å². The molecule has 2 rings (SSSR count). The molecule has 3 nitrogen and oxygen atoms in total. The van der Waals surface area contributed by atoms with Gasteiger partial charge in [-0.1, -0.05) is 0 Å². The van der Waals surface area contributed by atoms with Gasteiger partial charge in [-0.2, -0.15) is 0 Å². The van der Waals surface area contributed by atoms with Crippen molar-refractivity contribution in [3.63, 3.8) is 0 Å². The van der Waals surface area contributed by atoms with E-state index < -0.39 is 0 Å². The van der Waals surface area contributed by atoms with Crippen molar-refractivity contribution in [1.29, 1.82) is 0 Å². The van der Waals surface area contributed by atoms with Gasteiger partial charge in [-0.05, 0) is 32.7 Å². The molecular weight excluding hydrogens is 178 g/mol. The van der Waals surface area contributed by atoms with Gasteiger partial charge in [-0.3, -0.25) is 4.90 Å². The van der Waals surface area contributed by atoms with Crippen LogP contribution in [0.1, 0.15) is 26.2 Å². The number of ether oxygens (including phenoxy) is 2. The highest BCUT2D eigenvalue weighted by atomic mass is 16.6. The third-order valence-electron chi connectivity index (χ3n) is 3.17. The first-order valence-corrected chi connectivity index (χ1v) is 5.73. The highest BCUT2D eigenvalue weighted by molar-refractivity contribution is 4.86. The Labute approximate surface area is 86.4 Å². The molecule has 0 aliphatic carbocycles. The molecule has 2 saturated heterocycles. The van der Waals surface area contributed by atoms with E-state index >= 15 is 0 Å². The van der Waals surface area contributed by atoms with Gasteiger partial charge in [0.1, 0.15) is 0 Å². The van der Waals surface area contributed by atoms with Crippen LogP contribution in [0.5, 0.6) is 0 Å². The number of nitrogens with zero attached hydrogens (tertiary/aromatic N) is 1. The normalized spacial score (nSPS) is 33.2. The lowest BCUT2D eigenvalue weighted by Crippen LogP contribution is -2.36. The van der Waals surface area contributed by atoms with E-state index in [1.54, 1.807) is 0 Å². The lowest BCUT2D eigenvalue weighted by molar-refractivity contribution is 0.0369. The van der Waals surface area contributed by atoms with Crippen molar-refractivity contribution in [3.05, 3.63) is 0 Å². The van der Waals surface area contributed by atoms with Crippen molar-refractivity contribution in [2.45, 2.75) is 31.8 Å². The molecule has 2 fully saturated rings. The Morgan fingerprint density at radius 2 is 1.93 bits per heavy atom. The van der Waals surface area contributed by atoms with Gasteiger partial charge in [0.25, 0.3) is 0 Å². The Bertz CT molecular complexity index is 174.